The highest BCUT2D eigenvalue weighted by Gasteiger charge is 2.43. The molecule has 0 saturated carbocycles. The van der Waals surface area contributed by atoms with Crippen LogP contribution >= 0.6 is 0 Å². The number of halogens is 2. The minimum Gasteiger partial charge on any atom is -0.508 e. The van der Waals surface area contributed by atoms with Gasteiger partial charge in [-0.25, -0.2) is 4.98 Å². The average molecular weight is 492 g/mol. The number of anilines is 2. The van der Waals surface area contributed by atoms with Crippen molar-refractivity contribution in [2.24, 2.45) is 0 Å². The topological polar surface area (TPSA) is 97.6 Å². The van der Waals surface area contributed by atoms with Crippen LogP contribution in [0, 0.1) is 6.92 Å². The third kappa shape index (κ3) is 4.92. The molecule has 0 bridgehead atoms. The van der Waals surface area contributed by atoms with Crippen LogP contribution in [0.25, 0.3) is 5.69 Å². The lowest BCUT2D eigenvalue weighted by atomic mass is 10.1. The van der Waals surface area contributed by atoms with Crippen LogP contribution < -0.4 is 20.1 Å². The number of hydrogen-bond acceptors (Lipinski definition) is 6. The molecule has 0 aliphatic carbocycles. The van der Waals surface area contributed by atoms with Gasteiger partial charge in [0.1, 0.15) is 11.6 Å². The van der Waals surface area contributed by atoms with Gasteiger partial charge in [-0.1, -0.05) is 18.2 Å². The van der Waals surface area contributed by atoms with Crippen molar-refractivity contribution in [3.05, 3.63) is 89.9 Å². The lowest BCUT2D eigenvalue weighted by Crippen LogP contribution is -2.25. The summed E-state index contributed by atoms with van der Waals surface area (Å²) in [5, 5.41) is 15.8. The number of benzene rings is 2. The number of phenolic OH excluding ortho intramolecular Hbond substituents is 1. The predicted molar refractivity (Wildman–Crippen MR) is 128 cm³/mol. The van der Waals surface area contributed by atoms with E-state index in [1.165, 1.54) is 12.1 Å². The fourth-order valence-corrected chi connectivity index (χ4v) is 3.85. The molecule has 1 aliphatic heterocycles. The molecule has 0 unspecified atom stereocenters. The summed E-state index contributed by atoms with van der Waals surface area (Å²) in [5.74, 6) is 0.340. The van der Waals surface area contributed by atoms with E-state index in [9.17, 15) is 18.7 Å². The minimum atomic E-state index is -3.68. The van der Waals surface area contributed by atoms with Gasteiger partial charge in [-0.05, 0) is 48.7 Å². The molecule has 2 aromatic carbocycles. The van der Waals surface area contributed by atoms with Crippen LogP contribution in [0.2, 0.25) is 0 Å². The summed E-state index contributed by atoms with van der Waals surface area (Å²) >= 11 is 0. The molecule has 0 saturated heterocycles. The molecule has 184 valence electrons. The molecule has 0 atom stereocenters. The number of carbonyl (C=O) groups excluding carboxylic acids is 1. The maximum atomic E-state index is 13.3. The number of para-hydroxylation sites is 1. The minimum absolute atomic E-state index is 0.0400. The molecule has 0 radical (unpaired) electrons. The Morgan fingerprint density at radius 3 is 2.75 bits per heavy atom. The van der Waals surface area contributed by atoms with Gasteiger partial charge in [-0.2, -0.15) is 0 Å². The monoisotopic (exact) mass is 492 g/mol. The highest BCUT2D eigenvalue weighted by molar-refractivity contribution is 5.94. The summed E-state index contributed by atoms with van der Waals surface area (Å²) in [6.45, 7) is 2.27. The van der Waals surface area contributed by atoms with E-state index >= 15 is 0 Å². The van der Waals surface area contributed by atoms with E-state index in [-0.39, 0.29) is 23.2 Å². The second-order valence-electron chi connectivity index (χ2n) is 8.25. The molecular formula is C26H22F2N4O4. The number of fused-ring (bicyclic) bond motifs is 1. The maximum Gasteiger partial charge on any atom is 0.586 e. The van der Waals surface area contributed by atoms with Gasteiger partial charge in [0.05, 0.1) is 11.3 Å². The number of alkyl halides is 2. The number of nitrogens with one attached hydrogen (secondary N) is 2. The smallest absolute Gasteiger partial charge is 0.508 e. The zero-order chi connectivity index (χ0) is 25.3. The number of carbonyl (C=O) groups is 1. The normalized spacial score (nSPS) is 13.4. The van der Waals surface area contributed by atoms with Crippen LogP contribution in [0.15, 0.2) is 73.2 Å². The molecule has 4 aromatic rings. The van der Waals surface area contributed by atoms with E-state index in [0.29, 0.717) is 30.0 Å². The van der Waals surface area contributed by atoms with Gasteiger partial charge in [0.2, 0.25) is 0 Å². The zero-order valence-corrected chi connectivity index (χ0v) is 19.2. The van der Waals surface area contributed by atoms with Crippen molar-refractivity contribution >= 4 is 17.4 Å². The lowest BCUT2D eigenvalue weighted by molar-refractivity contribution is -0.286. The standard InChI is InChI=1S/C26H22F2N4O4/c1-16-14-30-24(31-19-6-7-22-23(12-19)36-26(27,28)35-22)13-20(16)32-11-9-18(15-32)25(34)29-10-8-17-4-2-3-5-21(17)33/h2-7,9,11-15,33H,8,10H2,1H3,(H,29,34)(H,30,31). The van der Waals surface area contributed by atoms with E-state index in [1.54, 1.807) is 53.5 Å². The van der Waals surface area contributed by atoms with Crippen molar-refractivity contribution < 1.29 is 28.2 Å². The van der Waals surface area contributed by atoms with Gasteiger partial charge in [-0.3, -0.25) is 4.79 Å². The Labute approximate surface area is 205 Å². The predicted octanol–water partition coefficient (Wildman–Crippen LogP) is 4.92. The molecule has 5 rings (SSSR count). The Kier molecular flexibility index (Phi) is 5.93. The largest absolute Gasteiger partial charge is 0.586 e. The summed E-state index contributed by atoms with van der Waals surface area (Å²) in [4.78, 5) is 17.0. The lowest BCUT2D eigenvalue weighted by Gasteiger charge is -2.11. The molecule has 8 nitrogen and oxygen atoms in total. The second kappa shape index (κ2) is 9.21. The first-order valence-electron chi connectivity index (χ1n) is 11.1. The first-order chi connectivity index (χ1) is 17.3. The molecule has 10 heteroatoms. The van der Waals surface area contributed by atoms with Crippen LogP contribution in [0.4, 0.5) is 20.3 Å². The van der Waals surface area contributed by atoms with E-state index in [2.05, 4.69) is 25.1 Å². The number of aryl methyl sites for hydroxylation is 1. The van der Waals surface area contributed by atoms with E-state index in [1.807, 2.05) is 19.1 Å². The molecule has 1 amide bonds. The van der Waals surface area contributed by atoms with Gasteiger partial charge < -0.3 is 29.8 Å². The Morgan fingerprint density at radius 1 is 1.11 bits per heavy atom. The molecule has 1 aliphatic rings. The first kappa shape index (κ1) is 23.2. The van der Waals surface area contributed by atoms with Crippen molar-refractivity contribution in [1.82, 2.24) is 14.9 Å². The molecule has 3 N–H and O–H groups in total. The van der Waals surface area contributed by atoms with Crippen LogP contribution in [0.1, 0.15) is 21.5 Å². The number of aromatic nitrogens is 2. The summed E-state index contributed by atoms with van der Waals surface area (Å²) in [7, 11) is 0. The Bertz CT molecular complexity index is 1440. The van der Waals surface area contributed by atoms with Crippen LogP contribution in [-0.2, 0) is 6.42 Å². The summed E-state index contributed by atoms with van der Waals surface area (Å²) < 4.78 is 37.3. The van der Waals surface area contributed by atoms with Crippen molar-refractivity contribution in [2.75, 3.05) is 11.9 Å². The van der Waals surface area contributed by atoms with Gasteiger partial charge in [-0.15, -0.1) is 8.78 Å². The molecule has 3 heterocycles. The van der Waals surface area contributed by atoms with E-state index in [0.717, 1.165) is 16.8 Å². The van der Waals surface area contributed by atoms with Gasteiger partial charge in [0, 0.05) is 43.0 Å². The van der Waals surface area contributed by atoms with Gasteiger partial charge in [0.15, 0.2) is 11.5 Å². The van der Waals surface area contributed by atoms with Crippen LogP contribution in [-0.4, -0.2) is 33.4 Å². The van der Waals surface area contributed by atoms with Gasteiger partial charge in [0.25, 0.3) is 5.91 Å². The van der Waals surface area contributed by atoms with Crippen molar-refractivity contribution in [1.29, 1.82) is 0 Å². The highest BCUT2D eigenvalue weighted by atomic mass is 19.3. The third-order valence-corrected chi connectivity index (χ3v) is 5.65. The third-order valence-electron chi connectivity index (χ3n) is 5.65. The van der Waals surface area contributed by atoms with Crippen LogP contribution in [0.3, 0.4) is 0 Å². The highest BCUT2D eigenvalue weighted by Crippen LogP contribution is 2.42. The quantitative estimate of drug-likeness (QED) is 0.339. The molecule has 0 fully saturated rings. The number of phenols is 1. The number of amides is 1. The molecule has 36 heavy (non-hydrogen) atoms. The fourth-order valence-electron chi connectivity index (χ4n) is 3.85. The zero-order valence-electron chi connectivity index (χ0n) is 19.2. The summed E-state index contributed by atoms with van der Waals surface area (Å²) in [5.41, 5.74) is 3.39. The van der Waals surface area contributed by atoms with Crippen molar-refractivity contribution in [3.8, 4) is 22.9 Å². The number of nitrogens with zero attached hydrogens (tertiary/aromatic N) is 2. The van der Waals surface area contributed by atoms with Gasteiger partial charge >= 0.3 is 6.29 Å². The van der Waals surface area contributed by atoms with E-state index in [4.69, 9.17) is 0 Å². The Hall–Kier alpha value is -4.60. The average Bonchev–Trinajstić information content (AvgIpc) is 3.44. The first-order valence-corrected chi connectivity index (χ1v) is 11.1. The van der Waals surface area contributed by atoms with Crippen LogP contribution in [0.5, 0.6) is 17.2 Å². The van der Waals surface area contributed by atoms with Crippen molar-refractivity contribution in [3.63, 3.8) is 0 Å². The molecular weight excluding hydrogens is 470 g/mol. The number of aromatic hydroxyl groups is 1. The number of hydrogen-bond donors (Lipinski definition) is 3. The number of ether oxygens (including phenoxy) is 2. The summed E-state index contributed by atoms with van der Waals surface area (Å²) in [6.07, 6.45) is 1.98. The molecule has 2 aromatic heterocycles. The molecule has 0 spiro atoms. The maximum absolute atomic E-state index is 13.3. The SMILES string of the molecule is Cc1cnc(Nc2ccc3c(c2)OC(F)(F)O3)cc1-n1ccc(C(=O)NCCc2ccccc2O)c1. The Morgan fingerprint density at radius 2 is 1.92 bits per heavy atom. The number of pyridine rings is 1. The van der Waals surface area contributed by atoms with E-state index < -0.39 is 6.29 Å². The number of rotatable bonds is 7. The van der Waals surface area contributed by atoms with Crippen molar-refractivity contribution in [2.45, 2.75) is 19.6 Å². The Balaban J connectivity index is 1.26. The second-order valence-corrected chi connectivity index (χ2v) is 8.25. The summed E-state index contributed by atoms with van der Waals surface area (Å²) in [6, 6.07) is 14.9. The fraction of sp³-hybridized carbons (Fsp3) is 0.154.